The molecule has 0 saturated carbocycles. The van der Waals surface area contributed by atoms with Crippen LogP contribution < -0.4 is 5.56 Å². The number of fused-ring (bicyclic) bond motifs is 4. The molecule has 0 aliphatic rings. The van der Waals surface area contributed by atoms with E-state index in [2.05, 4.69) is 0 Å². The van der Waals surface area contributed by atoms with Crippen molar-refractivity contribution < 1.29 is 4.79 Å². The predicted octanol–water partition coefficient (Wildman–Crippen LogP) is 4.42. The Bertz CT molecular complexity index is 1500. The van der Waals surface area contributed by atoms with Gasteiger partial charge in [-0.1, -0.05) is 42.0 Å². The minimum absolute atomic E-state index is 0.175. The molecular weight excluding hydrogens is 362 g/mol. The van der Waals surface area contributed by atoms with E-state index in [9.17, 15) is 9.59 Å². The van der Waals surface area contributed by atoms with E-state index in [1.807, 2.05) is 69.3 Å². The second-order valence-corrected chi connectivity index (χ2v) is 7.47. The molecule has 0 atom stereocenters. The van der Waals surface area contributed by atoms with Gasteiger partial charge in [-0.15, -0.1) is 0 Å². The first kappa shape index (κ1) is 17.4. The average molecular weight is 381 g/mol. The zero-order valence-corrected chi connectivity index (χ0v) is 16.4. The molecule has 5 aromatic rings. The fraction of sp³-hybridized carbons (Fsp3) is 0.125. The Balaban J connectivity index is 1.96. The number of imidazole rings is 1. The second-order valence-electron chi connectivity index (χ2n) is 7.47. The average Bonchev–Trinajstić information content (AvgIpc) is 3.01. The van der Waals surface area contributed by atoms with Gasteiger partial charge < -0.3 is 0 Å². The Hall–Kier alpha value is -3.73. The van der Waals surface area contributed by atoms with E-state index in [1.54, 1.807) is 16.7 Å². The highest BCUT2D eigenvalue weighted by Crippen LogP contribution is 2.24. The second kappa shape index (κ2) is 6.14. The molecule has 5 rings (SSSR count). The monoisotopic (exact) mass is 381 g/mol. The Labute approximate surface area is 166 Å². The normalized spacial score (nSPS) is 11.6. The van der Waals surface area contributed by atoms with Crippen molar-refractivity contribution in [2.75, 3.05) is 0 Å². The van der Waals surface area contributed by atoms with E-state index < -0.39 is 0 Å². The molecule has 0 radical (unpaired) electrons. The maximum absolute atomic E-state index is 13.7. The Morgan fingerprint density at radius 1 is 0.862 bits per heavy atom. The first-order valence-electron chi connectivity index (χ1n) is 9.51. The van der Waals surface area contributed by atoms with Crippen LogP contribution in [-0.2, 0) is 0 Å². The third-order valence-electron chi connectivity index (χ3n) is 5.42. The van der Waals surface area contributed by atoms with Gasteiger partial charge in [0.25, 0.3) is 11.5 Å². The lowest BCUT2D eigenvalue weighted by Crippen LogP contribution is -2.19. The molecule has 2 aromatic heterocycles. The van der Waals surface area contributed by atoms with Crippen molar-refractivity contribution in [3.63, 3.8) is 0 Å². The highest BCUT2D eigenvalue weighted by Gasteiger charge is 2.23. The number of hydrogen-bond acceptors (Lipinski definition) is 3. The molecule has 0 unspecified atom stereocenters. The molecule has 0 bridgehead atoms. The maximum atomic E-state index is 13.7. The molecule has 2 heterocycles. The van der Waals surface area contributed by atoms with Crippen LogP contribution >= 0.6 is 0 Å². The number of benzene rings is 3. The minimum atomic E-state index is -0.180. The Morgan fingerprint density at radius 2 is 1.48 bits per heavy atom. The summed E-state index contributed by atoms with van der Waals surface area (Å²) >= 11 is 0. The molecule has 3 aromatic carbocycles. The van der Waals surface area contributed by atoms with Gasteiger partial charge in [-0.05, 0) is 56.2 Å². The number of rotatable bonds is 1. The molecule has 142 valence electrons. The Kier molecular flexibility index (Phi) is 3.68. The van der Waals surface area contributed by atoms with Crippen LogP contribution in [0.5, 0.6) is 0 Å². The largest absolute Gasteiger partial charge is 0.268 e. The summed E-state index contributed by atoms with van der Waals surface area (Å²) in [6.07, 6.45) is 0. The number of carbonyl (C=O) groups excluding carboxylic acids is 1. The van der Waals surface area contributed by atoms with Crippen molar-refractivity contribution >= 4 is 33.6 Å². The summed E-state index contributed by atoms with van der Waals surface area (Å²) < 4.78 is 3.10. The zero-order chi connectivity index (χ0) is 20.3. The van der Waals surface area contributed by atoms with Gasteiger partial charge in [0, 0.05) is 5.56 Å². The number of aromatic nitrogens is 3. The molecule has 5 heteroatoms. The van der Waals surface area contributed by atoms with Gasteiger partial charge in [0.05, 0.1) is 21.9 Å². The summed E-state index contributed by atoms with van der Waals surface area (Å²) in [5, 5.41) is 0.531. The fourth-order valence-electron chi connectivity index (χ4n) is 4.27. The van der Waals surface area contributed by atoms with Crippen LogP contribution in [0.3, 0.4) is 0 Å². The lowest BCUT2D eigenvalue weighted by molar-refractivity contribution is 0.0967. The lowest BCUT2D eigenvalue weighted by Gasteiger charge is -2.12. The smallest absolute Gasteiger partial charge is 0.267 e. The van der Waals surface area contributed by atoms with Gasteiger partial charge in [0.15, 0.2) is 0 Å². The first-order chi connectivity index (χ1) is 14.0. The van der Waals surface area contributed by atoms with Crippen molar-refractivity contribution in [1.82, 2.24) is 14.0 Å². The molecular formula is C24H19N3O2. The summed E-state index contributed by atoms with van der Waals surface area (Å²) in [5.74, 6) is 0.153. The number of carbonyl (C=O) groups is 1. The summed E-state index contributed by atoms with van der Waals surface area (Å²) in [6, 6.07) is 18.7. The van der Waals surface area contributed by atoms with E-state index in [1.165, 1.54) is 4.40 Å². The van der Waals surface area contributed by atoms with E-state index >= 15 is 0 Å². The molecule has 0 aliphatic carbocycles. The fourth-order valence-corrected chi connectivity index (χ4v) is 4.27. The maximum Gasteiger partial charge on any atom is 0.267 e. The molecule has 29 heavy (non-hydrogen) atoms. The number of aryl methyl sites for hydroxylation is 3. The summed E-state index contributed by atoms with van der Waals surface area (Å²) in [6.45, 7) is 5.90. The minimum Gasteiger partial charge on any atom is -0.268 e. The number of para-hydroxylation sites is 3. The summed E-state index contributed by atoms with van der Waals surface area (Å²) in [5.41, 5.74) is 5.30. The topological polar surface area (TPSA) is 56.4 Å². The highest BCUT2D eigenvalue weighted by atomic mass is 16.2. The predicted molar refractivity (Wildman–Crippen MR) is 115 cm³/mol. The third-order valence-corrected chi connectivity index (χ3v) is 5.42. The van der Waals surface area contributed by atoms with Crippen molar-refractivity contribution in [1.29, 1.82) is 0 Å². The molecule has 0 N–H and O–H groups in total. The molecule has 0 saturated heterocycles. The molecule has 5 nitrogen and oxygen atoms in total. The van der Waals surface area contributed by atoms with Crippen LogP contribution in [0, 0.1) is 20.8 Å². The van der Waals surface area contributed by atoms with Gasteiger partial charge in [0.2, 0.25) is 5.78 Å². The standard InChI is InChI=1S/C24H19N3O2/c1-14-12-15(2)21(16(3)13-14)23(29)27-20-11-7-6-10-19(20)26-22(28)17-8-4-5-9-18(17)25-24(26)27/h4-13H,1-3H3. The van der Waals surface area contributed by atoms with E-state index in [0.717, 1.165) is 16.7 Å². The van der Waals surface area contributed by atoms with Crippen LogP contribution in [0.2, 0.25) is 0 Å². The summed E-state index contributed by atoms with van der Waals surface area (Å²) in [4.78, 5) is 31.7. The number of nitrogens with zero attached hydrogens (tertiary/aromatic N) is 3. The summed E-state index contributed by atoms with van der Waals surface area (Å²) in [7, 11) is 0. The first-order valence-corrected chi connectivity index (χ1v) is 9.51. The SMILES string of the molecule is Cc1cc(C)c(C(=O)n2c3ccccc3n3c(=O)c4ccccc4nc23)c(C)c1. The van der Waals surface area contributed by atoms with Crippen LogP contribution in [-0.4, -0.2) is 19.9 Å². The third kappa shape index (κ3) is 2.44. The van der Waals surface area contributed by atoms with Crippen molar-refractivity contribution in [3.05, 3.63) is 93.3 Å². The van der Waals surface area contributed by atoms with Crippen molar-refractivity contribution in [2.24, 2.45) is 0 Å². The van der Waals surface area contributed by atoms with Gasteiger partial charge >= 0.3 is 0 Å². The van der Waals surface area contributed by atoms with Crippen LogP contribution in [0.25, 0.3) is 27.7 Å². The highest BCUT2D eigenvalue weighted by molar-refractivity contribution is 6.06. The van der Waals surface area contributed by atoms with E-state index in [-0.39, 0.29) is 11.5 Å². The molecule has 0 fully saturated rings. The van der Waals surface area contributed by atoms with E-state index in [0.29, 0.717) is 33.3 Å². The molecule has 0 aliphatic heterocycles. The Morgan fingerprint density at radius 3 is 2.21 bits per heavy atom. The molecule has 0 amide bonds. The quantitative estimate of drug-likeness (QED) is 0.432. The number of hydrogen-bond donors (Lipinski definition) is 0. The van der Waals surface area contributed by atoms with Crippen LogP contribution in [0.1, 0.15) is 27.0 Å². The van der Waals surface area contributed by atoms with Gasteiger partial charge in [-0.25, -0.2) is 14.0 Å². The molecule has 0 spiro atoms. The van der Waals surface area contributed by atoms with Gasteiger partial charge in [0.1, 0.15) is 0 Å². The lowest BCUT2D eigenvalue weighted by atomic mass is 9.99. The van der Waals surface area contributed by atoms with Crippen LogP contribution in [0.4, 0.5) is 0 Å². The van der Waals surface area contributed by atoms with Crippen molar-refractivity contribution in [2.45, 2.75) is 20.8 Å². The van der Waals surface area contributed by atoms with Crippen LogP contribution in [0.15, 0.2) is 65.5 Å². The van der Waals surface area contributed by atoms with Gasteiger partial charge in [-0.2, -0.15) is 0 Å². The van der Waals surface area contributed by atoms with Crippen molar-refractivity contribution in [3.8, 4) is 0 Å². The zero-order valence-electron chi connectivity index (χ0n) is 16.4. The van der Waals surface area contributed by atoms with Gasteiger partial charge in [-0.3, -0.25) is 9.59 Å². The van der Waals surface area contributed by atoms with E-state index in [4.69, 9.17) is 4.98 Å².